The second-order valence-corrected chi connectivity index (χ2v) is 5.62. The van der Waals surface area contributed by atoms with E-state index in [1.165, 1.54) is 0 Å². The Balaban J connectivity index is 2.57. The molecule has 0 aromatic rings. The summed E-state index contributed by atoms with van der Waals surface area (Å²) in [5, 5.41) is 0. The summed E-state index contributed by atoms with van der Waals surface area (Å²) in [6.45, 7) is 13.4. The fourth-order valence-corrected chi connectivity index (χ4v) is 2.00. The van der Waals surface area contributed by atoms with E-state index in [4.69, 9.17) is 4.74 Å². The average molecular weight is 225 g/mol. The summed E-state index contributed by atoms with van der Waals surface area (Å²) >= 11 is 0. The van der Waals surface area contributed by atoms with Gasteiger partial charge in [-0.05, 0) is 47.1 Å². The van der Waals surface area contributed by atoms with Gasteiger partial charge in [0.1, 0.15) is 11.6 Å². The second kappa shape index (κ2) is 5.00. The van der Waals surface area contributed by atoms with Crippen molar-refractivity contribution < 1.29 is 9.53 Å². The van der Waals surface area contributed by atoms with Crippen molar-refractivity contribution in [3.8, 4) is 0 Å². The molecule has 1 heterocycles. The van der Waals surface area contributed by atoms with Crippen LogP contribution < -0.4 is 0 Å². The van der Waals surface area contributed by atoms with Gasteiger partial charge in [0.25, 0.3) is 0 Å². The van der Waals surface area contributed by atoms with E-state index in [1.54, 1.807) is 0 Å². The van der Waals surface area contributed by atoms with Crippen molar-refractivity contribution in [1.29, 1.82) is 0 Å². The van der Waals surface area contributed by atoms with E-state index in [2.05, 4.69) is 11.5 Å². The van der Waals surface area contributed by atoms with Crippen LogP contribution in [0, 0.1) is 0 Å². The molecule has 0 aromatic carbocycles. The molecule has 92 valence electrons. The molecule has 0 aromatic heterocycles. The summed E-state index contributed by atoms with van der Waals surface area (Å²) in [7, 11) is 0. The largest absolute Gasteiger partial charge is 0.459 e. The summed E-state index contributed by atoms with van der Waals surface area (Å²) in [5.74, 6) is -0.0914. The standard InChI is InChI=1S/C13H23NO2/c1-10(2)9-14-8-6-7-11(14)12(15)16-13(3,4)5/h11H,1,6-9H2,2-5H3/t11-/m1/s1. The zero-order valence-electron chi connectivity index (χ0n) is 10.9. The maximum atomic E-state index is 12.0. The number of esters is 1. The minimum atomic E-state index is -0.394. The number of likely N-dealkylation sites (tertiary alicyclic amines) is 1. The highest BCUT2D eigenvalue weighted by Gasteiger charge is 2.33. The SMILES string of the molecule is C=C(C)CN1CCC[C@@H]1C(=O)OC(C)(C)C. The highest BCUT2D eigenvalue weighted by Crippen LogP contribution is 2.21. The summed E-state index contributed by atoms with van der Waals surface area (Å²) < 4.78 is 5.42. The first-order valence-corrected chi connectivity index (χ1v) is 5.91. The van der Waals surface area contributed by atoms with Crippen molar-refractivity contribution in [3.05, 3.63) is 12.2 Å². The second-order valence-electron chi connectivity index (χ2n) is 5.62. The van der Waals surface area contributed by atoms with Gasteiger partial charge in [-0.1, -0.05) is 12.2 Å². The Morgan fingerprint density at radius 1 is 1.50 bits per heavy atom. The van der Waals surface area contributed by atoms with Gasteiger partial charge in [0, 0.05) is 6.54 Å². The lowest BCUT2D eigenvalue weighted by atomic mass is 10.1. The molecule has 1 aliphatic rings. The Morgan fingerprint density at radius 2 is 2.12 bits per heavy atom. The zero-order chi connectivity index (χ0) is 12.3. The predicted molar refractivity (Wildman–Crippen MR) is 65.3 cm³/mol. The normalized spacial score (nSPS) is 22.1. The number of carbonyl (C=O) groups is 1. The smallest absolute Gasteiger partial charge is 0.323 e. The first-order valence-electron chi connectivity index (χ1n) is 5.91. The molecule has 1 fully saturated rings. The van der Waals surface area contributed by atoms with E-state index in [0.29, 0.717) is 0 Å². The van der Waals surface area contributed by atoms with Crippen LogP contribution in [0.25, 0.3) is 0 Å². The van der Waals surface area contributed by atoms with Crippen LogP contribution in [0.2, 0.25) is 0 Å². The molecular formula is C13H23NO2. The number of carbonyl (C=O) groups excluding carboxylic acids is 1. The fourth-order valence-electron chi connectivity index (χ4n) is 2.00. The third kappa shape index (κ3) is 3.97. The van der Waals surface area contributed by atoms with Gasteiger partial charge >= 0.3 is 5.97 Å². The molecule has 0 N–H and O–H groups in total. The Morgan fingerprint density at radius 3 is 2.62 bits per heavy atom. The van der Waals surface area contributed by atoms with Gasteiger partial charge in [0.15, 0.2) is 0 Å². The minimum Gasteiger partial charge on any atom is -0.459 e. The summed E-state index contributed by atoms with van der Waals surface area (Å²) in [6, 6.07) is -0.0732. The topological polar surface area (TPSA) is 29.5 Å². The lowest BCUT2D eigenvalue weighted by Gasteiger charge is -2.27. The number of nitrogens with zero attached hydrogens (tertiary/aromatic N) is 1. The predicted octanol–water partition coefficient (Wildman–Crippen LogP) is 2.37. The van der Waals surface area contributed by atoms with Crippen molar-refractivity contribution in [2.24, 2.45) is 0 Å². The van der Waals surface area contributed by atoms with Gasteiger partial charge in [-0.2, -0.15) is 0 Å². The Labute approximate surface area is 98.5 Å². The van der Waals surface area contributed by atoms with Crippen molar-refractivity contribution in [2.45, 2.75) is 52.2 Å². The molecule has 0 radical (unpaired) electrons. The molecule has 0 aliphatic carbocycles. The molecule has 1 rings (SSSR count). The monoisotopic (exact) mass is 225 g/mol. The van der Waals surface area contributed by atoms with E-state index >= 15 is 0 Å². The first-order chi connectivity index (χ1) is 7.29. The van der Waals surface area contributed by atoms with Crippen LogP contribution in [0.1, 0.15) is 40.5 Å². The van der Waals surface area contributed by atoms with E-state index in [9.17, 15) is 4.79 Å². The third-order valence-corrected chi connectivity index (χ3v) is 2.52. The van der Waals surface area contributed by atoms with Gasteiger partial charge in [-0.25, -0.2) is 0 Å². The van der Waals surface area contributed by atoms with Gasteiger partial charge in [0.2, 0.25) is 0 Å². The van der Waals surface area contributed by atoms with Crippen LogP contribution in [0.4, 0.5) is 0 Å². The molecule has 3 heteroatoms. The molecule has 0 saturated carbocycles. The van der Waals surface area contributed by atoms with Crippen LogP contribution in [-0.4, -0.2) is 35.6 Å². The van der Waals surface area contributed by atoms with Crippen molar-refractivity contribution >= 4 is 5.97 Å². The van der Waals surface area contributed by atoms with E-state index in [0.717, 1.165) is 31.5 Å². The summed E-state index contributed by atoms with van der Waals surface area (Å²) in [5.41, 5.74) is 0.699. The fraction of sp³-hybridized carbons (Fsp3) is 0.769. The number of rotatable bonds is 3. The molecule has 0 unspecified atom stereocenters. The van der Waals surface area contributed by atoms with E-state index in [1.807, 2.05) is 27.7 Å². The van der Waals surface area contributed by atoms with Crippen molar-refractivity contribution in [2.75, 3.05) is 13.1 Å². The lowest BCUT2D eigenvalue weighted by Crippen LogP contribution is -2.41. The third-order valence-electron chi connectivity index (χ3n) is 2.52. The quantitative estimate of drug-likeness (QED) is 0.545. The molecule has 3 nitrogen and oxygen atoms in total. The van der Waals surface area contributed by atoms with Crippen molar-refractivity contribution in [3.63, 3.8) is 0 Å². The van der Waals surface area contributed by atoms with E-state index in [-0.39, 0.29) is 12.0 Å². The van der Waals surface area contributed by atoms with Crippen LogP contribution in [0.5, 0.6) is 0 Å². The molecule has 0 amide bonds. The Hall–Kier alpha value is -0.830. The van der Waals surface area contributed by atoms with Crippen LogP contribution in [-0.2, 0) is 9.53 Å². The van der Waals surface area contributed by atoms with E-state index < -0.39 is 5.60 Å². The molecule has 1 atom stereocenters. The molecule has 16 heavy (non-hydrogen) atoms. The highest BCUT2D eigenvalue weighted by atomic mass is 16.6. The summed E-state index contributed by atoms with van der Waals surface area (Å²) in [4.78, 5) is 14.1. The highest BCUT2D eigenvalue weighted by molar-refractivity contribution is 5.76. The number of hydrogen-bond donors (Lipinski definition) is 0. The molecule has 1 aliphatic heterocycles. The number of hydrogen-bond acceptors (Lipinski definition) is 3. The first kappa shape index (κ1) is 13.2. The van der Waals surface area contributed by atoms with Gasteiger partial charge in [-0.3, -0.25) is 9.69 Å². The van der Waals surface area contributed by atoms with Gasteiger partial charge in [-0.15, -0.1) is 0 Å². The zero-order valence-corrected chi connectivity index (χ0v) is 10.9. The van der Waals surface area contributed by atoms with Crippen LogP contribution >= 0.6 is 0 Å². The lowest BCUT2D eigenvalue weighted by molar-refractivity contribution is -0.160. The van der Waals surface area contributed by atoms with Crippen LogP contribution in [0.15, 0.2) is 12.2 Å². The van der Waals surface area contributed by atoms with Crippen LogP contribution in [0.3, 0.4) is 0 Å². The molecular weight excluding hydrogens is 202 g/mol. The van der Waals surface area contributed by atoms with Gasteiger partial charge in [0.05, 0.1) is 0 Å². The number of ether oxygens (including phenoxy) is 1. The van der Waals surface area contributed by atoms with Gasteiger partial charge < -0.3 is 4.74 Å². The molecule has 1 saturated heterocycles. The van der Waals surface area contributed by atoms with Crippen molar-refractivity contribution in [1.82, 2.24) is 4.90 Å². The minimum absolute atomic E-state index is 0.0732. The Kier molecular flexibility index (Phi) is 4.14. The average Bonchev–Trinajstić information content (AvgIpc) is 2.47. The Bertz CT molecular complexity index is 278. The summed E-state index contributed by atoms with van der Waals surface area (Å²) in [6.07, 6.45) is 1.97. The maximum Gasteiger partial charge on any atom is 0.323 e. The molecule has 0 bridgehead atoms. The maximum absolute atomic E-state index is 12.0. The molecule has 0 spiro atoms.